The largest absolute Gasteiger partial charge is 0.295 e. The third-order valence-electron chi connectivity index (χ3n) is 4.06. The second kappa shape index (κ2) is 14.0. The highest BCUT2D eigenvalue weighted by Gasteiger charge is 2.12. The summed E-state index contributed by atoms with van der Waals surface area (Å²) in [5.41, 5.74) is 3.43. The predicted molar refractivity (Wildman–Crippen MR) is 111 cm³/mol. The molecule has 1 atom stereocenters. The van der Waals surface area contributed by atoms with Crippen LogP contribution in [0, 0.1) is 0 Å². The Kier molecular flexibility index (Phi) is 13.2. The average Bonchev–Trinajstić information content (AvgIpc) is 2.55. The van der Waals surface area contributed by atoms with Crippen LogP contribution in [0.5, 0.6) is 0 Å². The maximum Gasteiger partial charge on any atom is 0.0471 e. The fourth-order valence-electron chi connectivity index (χ4n) is 2.58. The van der Waals surface area contributed by atoms with E-state index in [-0.39, 0.29) is 0 Å². The second-order valence-electron chi connectivity index (χ2n) is 6.39. The van der Waals surface area contributed by atoms with E-state index in [2.05, 4.69) is 70.9 Å². The molecule has 0 bridgehead atoms. The van der Waals surface area contributed by atoms with Crippen LogP contribution in [-0.2, 0) is 0 Å². The van der Waals surface area contributed by atoms with Gasteiger partial charge in [0.2, 0.25) is 0 Å². The molecule has 0 aliphatic rings. The normalized spacial score (nSPS) is 14.4. The molecule has 0 amide bonds. The van der Waals surface area contributed by atoms with Gasteiger partial charge in [-0.05, 0) is 45.1 Å². The van der Waals surface area contributed by atoms with Crippen LogP contribution in [0.15, 0.2) is 53.7 Å². The van der Waals surface area contributed by atoms with Crippen LogP contribution in [0.1, 0.15) is 66.7 Å². The Bertz CT molecular complexity index is 455. The number of allylic oxidation sites excluding steroid dienone is 4. The Morgan fingerprint density at radius 3 is 2.46 bits per heavy atom. The number of hydrogen-bond acceptors (Lipinski definition) is 2. The first-order valence-corrected chi connectivity index (χ1v) is 9.40. The van der Waals surface area contributed by atoms with Gasteiger partial charge in [0, 0.05) is 37.0 Å². The van der Waals surface area contributed by atoms with Crippen molar-refractivity contribution in [2.24, 2.45) is 4.99 Å². The lowest BCUT2D eigenvalue weighted by molar-refractivity contribution is 0.225. The van der Waals surface area contributed by atoms with Gasteiger partial charge in [0.25, 0.3) is 0 Å². The van der Waals surface area contributed by atoms with E-state index in [0.29, 0.717) is 6.04 Å². The molecular weight excluding hydrogens is 292 g/mol. The predicted octanol–water partition coefficient (Wildman–Crippen LogP) is 6.33. The summed E-state index contributed by atoms with van der Waals surface area (Å²) in [6.45, 7) is 20.8. The van der Waals surface area contributed by atoms with Crippen molar-refractivity contribution in [1.82, 2.24) is 4.90 Å². The first-order valence-electron chi connectivity index (χ1n) is 9.40. The summed E-state index contributed by atoms with van der Waals surface area (Å²) in [4.78, 5) is 7.20. The molecule has 0 aromatic rings. The summed E-state index contributed by atoms with van der Waals surface area (Å²) in [5, 5.41) is 0. The van der Waals surface area contributed by atoms with E-state index in [1.54, 1.807) is 0 Å². The van der Waals surface area contributed by atoms with Crippen molar-refractivity contribution in [3.8, 4) is 0 Å². The second-order valence-corrected chi connectivity index (χ2v) is 6.39. The van der Waals surface area contributed by atoms with Gasteiger partial charge in [0.1, 0.15) is 0 Å². The van der Waals surface area contributed by atoms with Crippen molar-refractivity contribution in [3.63, 3.8) is 0 Å². The van der Waals surface area contributed by atoms with Gasteiger partial charge in [-0.15, -0.1) is 6.58 Å². The molecule has 136 valence electrons. The summed E-state index contributed by atoms with van der Waals surface area (Å²) < 4.78 is 0. The van der Waals surface area contributed by atoms with Crippen molar-refractivity contribution in [2.75, 3.05) is 13.1 Å². The summed E-state index contributed by atoms with van der Waals surface area (Å²) in [6.07, 6.45) is 13.9. The molecule has 0 aromatic carbocycles. The van der Waals surface area contributed by atoms with Crippen molar-refractivity contribution in [2.45, 2.75) is 72.8 Å². The summed E-state index contributed by atoms with van der Waals surface area (Å²) in [5.74, 6) is 0. The van der Waals surface area contributed by atoms with E-state index in [4.69, 9.17) is 4.99 Å². The average molecular weight is 331 g/mol. The van der Waals surface area contributed by atoms with Gasteiger partial charge in [-0.1, -0.05) is 51.7 Å². The first kappa shape index (κ1) is 22.6. The van der Waals surface area contributed by atoms with E-state index in [9.17, 15) is 0 Å². The molecule has 0 heterocycles. The number of hydrogen-bond donors (Lipinski definition) is 0. The molecule has 0 spiro atoms. The fourth-order valence-corrected chi connectivity index (χ4v) is 2.58. The number of nitrogens with zero attached hydrogens (tertiary/aromatic N) is 2. The molecule has 0 radical (unpaired) electrons. The minimum atomic E-state index is 0.542. The standard InChI is InChI=1S/C22H38N2/c1-8-12-15-22(14-10-3)17-19(5)23-20(6)18-24(16-13-9-2)21(7)11-4/h9,12,14-15,21H,2,6,8,10-11,13,16-18H2,1,3-5,7H3/b15-12-,22-14+,23-19?. The Labute approximate surface area is 150 Å². The summed E-state index contributed by atoms with van der Waals surface area (Å²) in [6, 6.07) is 0.542. The van der Waals surface area contributed by atoms with E-state index in [1.807, 2.05) is 6.08 Å². The molecule has 0 rings (SSSR count). The molecule has 0 N–H and O–H groups in total. The minimum absolute atomic E-state index is 0.542. The van der Waals surface area contributed by atoms with Gasteiger partial charge in [0.05, 0.1) is 0 Å². The van der Waals surface area contributed by atoms with Crippen LogP contribution in [0.4, 0.5) is 0 Å². The van der Waals surface area contributed by atoms with Gasteiger partial charge < -0.3 is 0 Å². The Morgan fingerprint density at radius 1 is 1.21 bits per heavy atom. The maximum atomic E-state index is 4.75. The quantitative estimate of drug-likeness (QED) is 0.219. The third-order valence-corrected chi connectivity index (χ3v) is 4.06. The van der Waals surface area contributed by atoms with Crippen molar-refractivity contribution >= 4 is 5.71 Å². The highest BCUT2D eigenvalue weighted by atomic mass is 15.2. The van der Waals surface area contributed by atoms with Crippen LogP contribution in [0.3, 0.4) is 0 Å². The van der Waals surface area contributed by atoms with Crippen LogP contribution in [-0.4, -0.2) is 29.7 Å². The SMILES string of the molecule is C=CCCN(CC(=C)N=C(C)CC(/C=C\CC)=C/CC)C(C)CC. The zero-order valence-electron chi connectivity index (χ0n) is 16.6. The van der Waals surface area contributed by atoms with E-state index < -0.39 is 0 Å². The van der Waals surface area contributed by atoms with Crippen molar-refractivity contribution in [1.29, 1.82) is 0 Å². The molecule has 0 fully saturated rings. The van der Waals surface area contributed by atoms with Crippen LogP contribution in [0.2, 0.25) is 0 Å². The molecule has 2 heteroatoms. The molecule has 0 aromatic heterocycles. The van der Waals surface area contributed by atoms with Gasteiger partial charge in [-0.2, -0.15) is 0 Å². The summed E-state index contributed by atoms with van der Waals surface area (Å²) in [7, 11) is 0. The van der Waals surface area contributed by atoms with Crippen LogP contribution in [0.25, 0.3) is 0 Å². The van der Waals surface area contributed by atoms with Gasteiger partial charge in [-0.3, -0.25) is 9.89 Å². The van der Waals surface area contributed by atoms with Crippen molar-refractivity contribution < 1.29 is 0 Å². The molecule has 0 aliphatic heterocycles. The first-order chi connectivity index (χ1) is 11.5. The van der Waals surface area contributed by atoms with Crippen molar-refractivity contribution in [3.05, 3.63) is 48.7 Å². The van der Waals surface area contributed by atoms with Crippen LogP contribution < -0.4 is 0 Å². The fraction of sp³-hybridized carbons (Fsp3) is 0.591. The smallest absolute Gasteiger partial charge is 0.0471 e. The zero-order valence-corrected chi connectivity index (χ0v) is 16.6. The number of aliphatic imine (C=N–C) groups is 1. The highest BCUT2D eigenvalue weighted by molar-refractivity contribution is 5.85. The van der Waals surface area contributed by atoms with Gasteiger partial charge in [-0.25, -0.2) is 0 Å². The monoisotopic (exact) mass is 330 g/mol. The van der Waals surface area contributed by atoms with E-state index in [0.717, 1.165) is 56.6 Å². The minimum Gasteiger partial charge on any atom is -0.295 e. The highest BCUT2D eigenvalue weighted by Crippen LogP contribution is 2.12. The zero-order chi connectivity index (χ0) is 18.4. The molecule has 1 unspecified atom stereocenters. The lowest BCUT2D eigenvalue weighted by Gasteiger charge is -2.28. The molecule has 0 saturated carbocycles. The third kappa shape index (κ3) is 10.4. The Morgan fingerprint density at radius 2 is 1.92 bits per heavy atom. The number of rotatable bonds is 13. The molecule has 24 heavy (non-hydrogen) atoms. The van der Waals surface area contributed by atoms with Gasteiger partial charge in [0.15, 0.2) is 0 Å². The van der Waals surface area contributed by atoms with Crippen LogP contribution >= 0.6 is 0 Å². The topological polar surface area (TPSA) is 15.6 Å². The Hall–Kier alpha value is -1.41. The molecular formula is C22H38N2. The maximum absolute atomic E-state index is 4.75. The lowest BCUT2D eigenvalue weighted by Crippen LogP contribution is -2.34. The Balaban J connectivity index is 4.82. The van der Waals surface area contributed by atoms with E-state index in [1.165, 1.54) is 5.57 Å². The molecule has 0 saturated heterocycles. The molecule has 2 nitrogen and oxygen atoms in total. The summed E-state index contributed by atoms with van der Waals surface area (Å²) >= 11 is 0. The lowest BCUT2D eigenvalue weighted by atomic mass is 10.1. The van der Waals surface area contributed by atoms with Gasteiger partial charge >= 0.3 is 0 Å². The van der Waals surface area contributed by atoms with E-state index >= 15 is 0 Å². The molecule has 0 aliphatic carbocycles.